The molecule has 3 rings (SSSR count). The first-order valence-electron chi connectivity index (χ1n) is 8.10. The predicted molar refractivity (Wildman–Crippen MR) is 104 cm³/mol. The summed E-state index contributed by atoms with van der Waals surface area (Å²) >= 11 is 4.29. The van der Waals surface area contributed by atoms with Crippen molar-refractivity contribution in [1.29, 1.82) is 0 Å². The summed E-state index contributed by atoms with van der Waals surface area (Å²) in [5, 5.41) is 0. The highest BCUT2D eigenvalue weighted by molar-refractivity contribution is 7.80. The Kier molecular flexibility index (Phi) is 4.68. The Bertz CT molecular complexity index is 800. The molecule has 0 aliphatic carbocycles. The molecule has 0 aliphatic heterocycles. The van der Waals surface area contributed by atoms with E-state index in [0.717, 1.165) is 16.4 Å². The van der Waals surface area contributed by atoms with Gasteiger partial charge in [0.1, 0.15) is 11.5 Å². The molecule has 0 radical (unpaired) electrons. The third-order valence-corrected chi connectivity index (χ3v) is 4.72. The van der Waals surface area contributed by atoms with E-state index in [4.69, 9.17) is 4.74 Å². The number of hydrogen-bond donors (Lipinski definition) is 1. The highest BCUT2D eigenvalue weighted by Gasteiger charge is 2.22. The van der Waals surface area contributed by atoms with Gasteiger partial charge in [-0.1, -0.05) is 55.8 Å². The molecule has 0 N–H and O–H groups in total. The third-order valence-electron chi connectivity index (χ3n) is 4.42. The normalized spacial score (nSPS) is 11.3. The van der Waals surface area contributed by atoms with Gasteiger partial charge in [0.15, 0.2) is 0 Å². The van der Waals surface area contributed by atoms with Crippen LogP contribution in [-0.4, -0.2) is 0 Å². The van der Waals surface area contributed by atoms with E-state index >= 15 is 0 Å². The first kappa shape index (κ1) is 16.7. The summed E-state index contributed by atoms with van der Waals surface area (Å²) in [5.74, 6) is 1.66. The van der Waals surface area contributed by atoms with E-state index in [1.54, 1.807) is 0 Å². The van der Waals surface area contributed by atoms with Crippen LogP contribution >= 0.6 is 12.6 Å². The van der Waals surface area contributed by atoms with E-state index < -0.39 is 0 Å². The van der Waals surface area contributed by atoms with Crippen LogP contribution in [0.3, 0.4) is 0 Å². The number of hydrogen-bond acceptors (Lipinski definition) is 2. The van der Waals surface area contributed by atoms with E-state index in [1.807, 2.05) is 36.4 Å². The van der Waals surface area contributed by atoms with Crippen molar-refractivity contribution in [3.63, 3.8) is 0 Å². The van der Waals surface area contributed by atoms with E-state index in [-0.39, 0.29) is 5.41 Å². The summed E-state index contributed by atoms with van der Waals surface area (Å²) in [7, 11) is 0. The third kappa shape index (κ3) is 3.65. The molecule has 122 valence electrons. The zero-order chi connectivity index (χ0) is 17.2. The fourth-order valence-electron chi connectivity index (χ4n) is 2.73. The minimum Gasteiger partial charge on any atom is -0.457 e. The van der Waals surface area contributed by atoms with Crippen LogP contribution in [0.1, 0.15) is 30.5 Å². The lowest BCUT2D eigenvalue weighted by Gasteiger charge is -2.26. The molecule has 0 heterocycles. The number of aryl methyl sites for hydroxylation is 1. The molecule has 2 heteroatoms. The quantitative estimate of drug-likeness (QED) is 0.543. The van der Waals surface area contributed by atoms with E-state index in [9.17, 15) is 0 Å². The first-order valence-corrected chi connectivity index (χ1v) is 8.54. The fourth-order valence-corrected chi connectivity index (χ4v) is 2.88. The average Bonchev–Trinajstić information content (AvgIpc) is 2.58. The minimum atomic E-state index is -0.0418. The molecule has 0 saturated carbocycles. The van der Waals surface area contributed by atoms with Gasteiger partial charge < -0.3 is 4.74 Å². The molecule has 0 aromatic heterocycles. The van der Waals surface area contributed by atoms with Gasteiger partial charge in [0.05, 0.1) is 0 Å². The lowest BCUT2D eigenvalue weighted by molar-refractivity contribution is 0.481. The average molecular weight is 334 g/mol. The molecule has 0 bridgehead atoms. The maximum atomic E-state index is 5.89. The second kappa shape index (κ2) is 6.74. The van der Waals surface area contributed by atoms with Gasteiger partial charge in [-0.25, -0.2) is 0 Å². The van der Waals surface area contributed by atoms with Crippen LogP contribution in [-0.2, 0) is 5.41 Å². The summed E-state index contributed by atoms with van der Waals surface area (Å²) in [5.41, 5.74) is 3.82. The van der Waals surface area contributed by atoms with E-state index in [1.165, 1.54) is 16.7 Å². The van der Waals surface area contributed by atoms with Crippen LogP contribution in [0.25, 0.3) is 0 Å². The molecule has 0 saturated heterocycles. The van der Waals surface area contributed by atoms with Gasteiger partial charge in [-0.05, 0) is 54.4 Å². The molecule has 0 atom stereocenters. The minimum absolute atomic E-state index is 0.0418. The maximum absolute atomic E-state index is 5.89. The lowest BCUT2D eigenvalue weighted by atomic mass is 9.78. The van der Waals surface area contributed by atoms with Crippen LogP contribution < -0.4 is 4.74 Å². The zero-order valence-corrected chi connectivity index (χ0v) is 15.2. The van der Waals surface area contributed by atoms with Gasteiger partial charge in [0.25, 0.3) is 0 Å². The molecular weight excluding hydrogens is 312 g/mol. The van der Waals surface area contributed by atoms with Crippen molar-refractivity contribution < 1.29 is 4.74 Å². The molecule has 3 aromatic carbocycles. The van der Waals surface area contributed by atoms with Gasteiger partial charge in [-0.2, -0.15) is 0 Å². The SMILES string of the molecule is Cc1ccc(C(C)(C)c2ccc(Oc3ccc(S)cc3)cc2)cc1. The monoisotopic (exact) mass is 334 g/mol. The largest absolute Gasteiger partial charge is 0.457 e. The second-order valence-corrected chi connectivity index (χ2v) is 7.13. The second-order valence-electron chi connectivity index (χ2n) is 6.61. The Hall–Kier alpha value is -2.19. The van der Waals surface area contributed by atoms with Gasteiger partial charge in [-0.3, -0.25) is 0 Å². The molecule has 24 heavy (non-hydrogen) atoms. The van der Waals surface area contributed by atoms with Crippen LogP contribution in [0, 0.1) is 6.92 Å². The van der Waals surface area contributed by atoms with Gasteiger partial charge >= 0.3 is 0 Å². The van der Waals surface area contributed by atoms with Crippen molar-refractivity contribution in [3.05, 3.63) is 89.5 Å². The molecule has 0 unspecified atom stereocenters. The Balaban J connectivity index is 1.80. The first-order chi connectivity index (χ1) is 11.4. The van der Waals surface area contributed by atoms with Crippen molar-refractivity contribution in [2.45, 2.75) is 31.1 Å². The van der Waals surface area contributed by atoms with Crippen LogP contribution in [0.15, 0.2) is 77.7 Å². The van der Waals surface area contributed by atoms with Crippen LogP contribution in [0.4, 0.5) is 0 Å². The number of rotatable bonds is 4. The standard InChI is InChI=1S/C22H22OS/c1-16-4-6-17(7-5-16)22(2,3)18-8-10-19(11-9-18)23-20-12-14-21(24)15-13-20/h4-15,24H,1-3H3. The molecule has 0 amide bonds. The fraction of sp³-hybridized carbons (Fsp3) is 0.182. The number of thiol groups is 1. The summed E-state index contributed by atoms with van der Waals surface area (Å²) in [4.78, 5) is 0.928. The molecule has 0 aliphatic rings. The lowest BCUT2D eigenvalue weighted by Crippen LogP contribution is -2.18. The molecule has 1 nitrogen and oxygen atoms in total. The Labute approximate surface area is 149 Å². The maximum Gasteiger partial charge on any atom is 0.127 e. The summed E-state index contributed by atoms with van der Waals surface area (Å²) in [6.45, 7) is 6.61. The van der Waals surface area contributed by atoms with Crippen molar-refractivity contribution >= 4 is 12.6 Å². The van der Waals surface area contributed by atoms with Crippen molar-refractivity contribution in [3.8, 4) is 11.5 Å². The molecule has 3 aromatic rings. The van der Waals surface area contributed by atoms with E-state index in [0.29, 0.717) is 0 Å². The van der Waals surface area contributed by atoms with Gasteiger partial charge in [0.2, 0.25) is 0 Å². The highest BCUT2D eigenvalue weighted by Crippen LogP contribution is 2.33. The summed E-state index contributed by atoms with van der Waals surface area (Å²) < 4.78 is 5.89. The molecule has 0 spiro atoms. The molecule has 0 fully saturated rings. The van der Waals surface area contributed by atoms with Gasteiger partial charge in [-0.15, -0.1) is 12.6 Å². The smallest absolute Gasteiger partial charge is 0.127 e. The van der Waals surface area contributed by atoms with Gasteiger partial charge in [0, 0.05) is 10.3 Å². The van der Waals surface area contributed by atoms with Crippen molar-refractivity contribution in [2.24, 2.45) is 0 Å². The Morgan fingerprint density at radius 1 is 0.667 bits per heavy atom. The van der Waals surface area contributed by atoms with Crippen LogP contribution in [0.2, 0.25) is 0 Å². The van der Waals surface area contributed by atoms with Crippen molar-refractivity contribution in [2.75, 3.05) is 0 Å². The summed E-state index contributed by atoms with van der Waals surface area (Å²) in [6, 6.07) is 24.8. The zero-order valence-electron chi connectivity index (χ0n) is 14.3. The Morgan fingerprint density at radius 2 is 1.08 bits per heavy atom. The van der Waals surface area contributed by atoms with E-state index in [2.05, 4.69) is 69.8 Å². The molecular formula is C22H22OS. The highest BCUT2D eigenvalue weighted by atomic mass is 32.1. The van der Waals surface area contributed by atoms with Crippen LogP contribution in [0.5, 0.6) is 11.5 Å². The number of ether oxygens (including phenoxy) is 1. The topological polar surface area (TPSA) is 9.23 Å². The summed E-state index contributed by atoms with van der Waals surface area (Å²) in [6.07, 6.45) is 0. The number of benzene rings is 3. The van der Waals surface area contributed by atoms with Crippen molar-refractivity contribution in [1.82, 2.24) is 0 Å². The Morgan fingerprint density at radius 3 is 1.58 bits per heavy atom. The predicted octanol–water partition coefficient (Wildman–Crippen LogP) is 6.40.